The zero-order valence-electron chi connectivity index (χ0n) is 12.1. The molecule has 102 valence electrons. The van der Waals surface area contributed by atoms with E-state index in [0.29, 0.717) is 6.04 Å². The summed E-state index contributed by atoms with van der Waals surface area (Å²) in [4.78, 5) is 0. The molecule has 0 radical (unpaired) electrons. The first-order chi connectivity index (χ1) is 9.15. The van der Waals surface area contributed by atoms with Gasteiger partial charge in [0.25, 0.3) is 0 Å². The van der Waals surface area contributed by atoms with Crippen molar-refractivity contribution in [2.75, 3.05) is 12.5 Å². The van der Waals surface area contributed by atoms with Gasteiger partial charge in [-0.3, -0.25) is 4.68 Å². The molecular formula is C16H22N2O. The van der Waals surface area contributed by atoms with E-state index in [-0.39, 0.29) is 0 Å². The Morgan fingerprint density at radius 2 is 1.63 bits per heavy atom. The van der Waals surface area contributed by atoms with Crippen LogP contribution in [0.15, 0.2) is 36.4 Å². The summed E-state index contributed by atoms with van der Waals surface area (Å²) in [5.74, 6) is 0.895. The Labute approximate surface area is 115 Å². The SMILES string of the molecule is CCC(Nn1c(C)ccc1C)c1ccc(OC)cc1. The molecule has 0 aliphatic heterocycles. The van der Waals surface area contributed by atoms with E-state index >= 15 is 0 Å². The van der Waals surface area contributed by atoms with Crippen LogP contribution in [0.5, 0.6) is 5.75 Å². The summed E-state index contributed by atoms with van der Waals surface area (Å²) >= 11 is 0. The molecule has 1 heterocycles. The van der Waals surface area contributed by atoms with Crippen LogP contribution in [0.1, 0.15) is 36.3 Å². The monoisotopic (exact) mass is 258 g/mol. The predicted octanol–water partition coefficient (Wildman–Crippen LogP) is 3.81. The highest BCUT2D eigenvalue weighted by molar-refractivity contribution is 5.30. The number of nitrogens with one attached hydrogen (secondary N) is 1. The van der Waals surface area contributed by atoms with Gasteiger partial charge < -0.3 is 10.2 Å². The number of benzene rings is 1. The molecule has 1 atom stereocenters. The van der Waals surface area contributed by atoms with Crippen LogP contribution >= 0.6 is 0 Å². The molecule has 0 fully saturated rings. The lowest BCUT2D eigenvalue weighted by molar-refractivity contribution is 0.414. The van der Waals surface area contributed by atoms with Crippen molar-refractivity contribution in [1.82, 2.24) is 4.68 Å². The van der Waals surface area contributed by atoms with Crippen LogP contribution in [-0.4, -0.2) is 11.8 Å². The van der Waals surface area contributed by atoms with Gasteiger partial charge in [0.15, 0.2) is 0 Å². The van der Waals surface area contributed by atoms with Crippen LogP contribution in [0.3, 0.4) is 0 Å². The smallest absolute Gasteiger partial charge is 0.118 e. The molecular weight excluding hydrogens is 236 g/mol. The Morgan fingerprint density at radius 1 is 1.05 bits per heavy atom. The number of hydrogen-bond donors (Lipinski definition) is 1. The van der Waals surface area contributed by atoms with E-state index < -0.39 is 0 Å². The molecule has 0 amide bonds. The fourth-order valence-corrected chi connectivity index (χ4v) is 2.27. The minimum atomic E-state index is 0.302. The van der Waals surface area contributed by atoms with E-state index in [0.717, 1.165) is 12.2 Å². The molecule has 2 aromatic rings. The van der Waals surface area contributed by atoms with Crippen LogP contribution in [-0.2, 0) is 0 Å². The topological polar surface area (TPSA) is 26.2 Å². The fourth-order valence-electron chi connectivity index (χ4n) is 2.27. The number of rotatable bonds is 5. The molecule has 3 nitrogen and oxygen atoms in total. The van der Waals surface area contributed by atoms with E-state index in [1.165, 1.54) is 17.0 Å². The maximum absolute atomic E-state index is 5.20. The minimum Gasteiger partial charge on any atom is -0.497 e. The van der Waals surface area contributed by atoms with Crippen LogP contribution in [0.4, 0.5) is 0 Å². The first-order valence-electron chi connectivity index (χ1n) is 6.71. The van der Waals surface area contributed by atoms with Gasteiger partial charge in [0, 0.05) is 11.4 Å². The minimum absolute atomic E-state index is 0.302. The Bertz CT molecular complexity index is 509. The third-order valence-electron chi connectivity index (χ3n) is 3.48. The lowest BCUT2D eigenvalue weighted by Gasteiger charge is -2.22. The summed E-state index contributed by atoms with van der Waals surface area (Å²) in [7, 11) is 1.69. The highest BCUT2D eigenvalue weighted by Gasteiger charge is 2.11. The van der Waals surface area contributed by atoms with Crippen molar-refractivity contribution in [3.05, 3.63) is 53.3 Å². The summed E-state index contributed by atoms with van der Waals surface area (Å²) < 4.78 is 7.35. The second-order valence-electron chi connectivity index (χ2n) is 4.81. The Balaban J connectivity index is 2.20. The van der Waals surface area contributed by atoms with Gasteiger partial charge in [-0.15, -0.1) is 0 Å². The van der Waals surface area contributed by atoms with Crippen molar-refractivity contribution in [2.24, 2.45) is 0 Å². The molecule has 19 heavy (non-hydrogen) atoms. The molecule has 0 aliphatic rings. The van der Waals surface area contributed by atoms with Crippen molar-refractivity contribution in [2.45, 2.75) is 33.2 Å². The van der Waals surface area contributed by atoms with E-state index in [1.807, 2.05) is 12.1 Å². The Morgan fingerprint density at radius 3 is 2.11 bits per heavy atom. The molecule has 0 spiro atoms. The predicted molar refractivity (Wildman–Crippen MR) is 79.3 cm³/mol. The molecule has 1 aromatic heterocycles. The van der Waals surface area contributed by atoms with Crippen LogP contribution in [0, 0.1) is 13.8 Å². The standard InChI is InChI=1S/C16H22N2O/c1-5-16(14-8-10-15(19-4)11-9-14)17-18-12(2)6-7-13(18)3/h6-11,16-17H,5H2,1-4H3. The third-order valence-corrected chi connectivity index (χ3v) is 3.48. The second kappa shape index (κ2) is 5.83. The van der Waals surface area contributed by atoms with Crippen molar-refractivity contribution < 1.29 is 4.74 Å². The summed E-state index contributed by atoms with van der Waals surface area (Å²) in [6.45, 7) is 6.41. The summed E-state index contributed by atoms with van der Waals surface area (Å²) in [5, 5.41) is 0. The zero-order valence-corrected chi connectivity index (χ0v) is 12.1. The zero-order chi connectivity index (χ0) is 13.8. The molecule has 0 bridgehead atoms. The molecule has 1 unspecified atom stereocenters. The van der Waals surface area contributed by atoms with Gasteiger partial charge in [0.05, 0.1) is 13.2 Å². The summed E-state index contributed by atoms with van der Waals surface area (Å²) in [6, 6.07) is 12.8. The molecule has 0 saturated heterocycles. The van der Waals surface area contributed by atoms with Gasteiger partial charge in [-0.1, -0.05) is 19.1 Å². The number of methoxy groups -OCH3 is 1. The first kappa shape index (κ1) is 13.5. The average Bonchev–Trinajstić information content (AvgIpc) is 2.76. The van der Waals surface area contributed by atoms with Crippen molar-refractivity contribution in [1.29, 1.82) is 0 Å². The highest BCUT2D eigenvalue weighted by Crippen LogP contribution is 2.22. The number of nitrogens with zero attached hydrogens (tertiary/aromatic N) is 1. The first-order valence-corrected chi connectivity index (χ1v) is 6.71. The van der Waals surface area contributed by atoms with Gasteiger partial charge in [0.2, 0.25) is 0 Å². The van der Waals surface area contributed by atoms with Gasteiger partial charge in [-0.25, -0.2) is 0 Å². The average molecular weight is 258 g/mol. The molecule has 1 N–H and O–H groups in total. The van der Waals surface area contributed by atoms with Crippen LogP contribution in [0.2, 0.25) is 0 Å². The number of hydrogen-bond acceptors (Lipinski definition) is 2. The molecule has 3 heteroatoms. The quantitative estimate of drug-likeness (QED) is 0.882. The maximum atomic E-state index is 5.20. The lowest BCUT2D eigenvalue weighted by atomic mass is 10.1. The van der Waals surface area contributed by atoms with E-state index in [2.05, 4.69) is 55.1 Å². The highest BCUT2D eigenvalue weighted by atomic mass is 16.5. The van der Waals surface area contributed by atoms with E-state index in [1.54, 1.807) is 7.11 Å². The van der Waals surface area contributed by atoms with E-state index in [4.69, 9.17) is 4.74 Å². The fraction of sp³-hybridized carbons (Fsp3) is 0.375. The number of aryl methyl sites for hydroxylation is 2. The molecule has 1 aromatic carbocycles. The van der Waals surface area contributed by atoms with Crippen molar-refractivity contribution in [3.8, 4) is 5.75 Å². The number of aromatic nitrogens is 1. The van der Waals surface area contributed by atoms with Crippen LogP contribution < -0.4 is 10.2 Å². The Hall–Kier alpha value is -1.90. The molecule has 2 rings (SSSR count). The molecule has 0 saturated carbocycles. The van der Waals surface area contributed by atoms with Gasteiger partial charge >= 0.3 is 0 Å². The third kappa shape index (κ3) is 2.92. The normalized spacial score (nSPS) is 12.2. The largest absolute Gasteiger partial charge is 0.497 e. The molecule has 0 aliphatic carbocycles. The Kier molecular flexibility index (Phi) is 4.15. The van der Waals surface area contributed by atoms with Gasteiger partial charge in [-0.2, -0.15) is 0 Å². The van der Waals surface area contributed by atoms with Crippen molar-refractivity contribution in [3.63, 3.8) is 0 Å². The van der Waals surface area contributed by atoms with Gasteiger partial charge in [-0.05, 0) is 50.1 Å². The number of ether oxygens (including phenoxy) is 1. The summed E-state index contributed by atoms with van der Waals surface area (Å²) in [6.07, 6.45) is 1.03. The summed E-state index contributed by atoms with van der Waals surface area (Å²) in [5.41, 5.74) is 7.30. The maximum Gasteiger partial charge on any atom is 0.118 e. The second-order valence-corrected chi connectivity index (χ2v) is 4.81. The van der Waals surface area contributed by atoms with E-state index in [9.17, 15) is 0 Å². The van der Waals surface area contributed by atoms with Crippen LogP contribution in [0.25, 0.3) is 0 Å². The lowest BCUT2D eigenvalue weighted by Crippen LogP contribution is -2.22. The van der Waals surface area contributed by atoms with Gasteiger partial charge in [0.1, 0.15) is 5.75 Å². The van der Waals surface area contributed by atoms with Crippen molar-refractivity contribution >= 4 is 0 Å².